The highest BCUT2D eigenvalue weighted by Gasteiger charge is 2.06. The van der Waals surface area contributed by atoms with Gasteiger partial charge >= 0.3 is 0 Å². The molecule has 0 heterocycles. The van der Waals surface area contributed by atoms with Gasteiger partial charge in [-0.15, -0.1) is 0 Å². The lowest BCUT2D eigenvalue weighted by Crippen LogP contribution is -2.31. The molecule has 1 nitrogen and oxygen atoms in total. The fourth-order valence-corrected chi connectivity index (χ4v) is 4.14. The molecule has 0 spiro atoms. The molecule has 0 unspecified atom stereocenters. The van der Waals surface area contributed by atoms with Gasteiger partial charge in [0.2, 0.25) is 0 Å². The third-order valence-corrected chi connectivity index (χ3v) is 5.63. The lowest BCUT2D eigenvalue weighted by Gasteiger charge is -2.13. The monoisotopic (exact) mass is 403 g/mol. The van der Waals surface area contributed by atoms with Crippen molar-refractivity contribution in [2.75, 3.05) is 5.32 Å². The van der Waals surface area contributed by atoms with Crippen molar-refractivity contribution in [3.05, 3.63) is 131 Å². The topological polar surface area (TPSA) is 12.0 Å². The number of hydrogen-bond donors (Lipinski definition) is 1. The van der Waals surface area contributed by atoms with Crippen LogP contribution in [0, 0.1) is 0 Å². The molecular formula is C30H29N. The molecule has 0 amide bonds. The Morgan fingerprint density at radius 3 is 1.65 bits per heavy atom. The summed E-state index contributed by atoms with van der Waals surface area (Å²) in [5, 5.41) is 6.29. The summed E-state index contributed by atoms with van der Waals surface area (Å²) in [4.78, 5) is 0. The van der Waals surface area contributed by atoms with Crippen LogP contribution in [-0.4, -0.2) is 0 Å². The second kappa shape index (κ2) is 9.95. The van der Waals surface area contributed by atoms with E-state index in [4.69, 9.17) is 0 Å². The Morgan fingerprint density at radius 2 is 1.06 bits per heavy atom. The summed E-state index contributed by atoms with van der Waals surface area (Å²) < 4.78 is 0. The molecule has 0 saturated heterocycles. The van der Waals surface area contributed by atoms with E-state index in [1.807, 2.05) is 6.07 Å². The summed E-state index contributed by atoms with van der Waals surface area (Å²) >= 11 is 0. The Morgan fingerprint density at radius 1 is 0.548 bits per heavy atom. The first-order valence-corrected chi connectivity index (χ1v) is 10.9. The molecule has 154 valence electrons. The lowest BCUT2D eigenvalue weighted by molar-refractivity contribution is 1.21. The highest BCUT2D eigenvalue weighted by Crippen LogP contribution is 2.15. The predicted octanol–water partition coefficient (Wildman–Crippen LogP) is 6.26. The zero-order valence-electron chi connectivity index (χ0n) is 18.3. The standard InChI is InChI=1S/C30H29N/c1-23(21-25-13-6-3-7-14-25)28-19-12-20-29(31-27-17-10-5-11-18-27)30(28)24(2)22-26-15-8-4-9-16-26/h3-20,31H,21-22H2,1-2H3. The van der Waals surface area contributed by atoms with E-state index in [1.165, 1.54) is 32.7 Å². The van der Waals surface area contributed by atoms with E-state index in [-0.39, 0.29) is 0 Å². The highest BCUT2D eigenvalue weighted by atomic mass is 14.9. The van der Waals surface area contributed by atoms with Crippen molar-refractivity contribution in [3.63, 3.8) is 0 Å². The molecule has 1 N–H and O–H groups in total. The average Bonchev–Trinajstić information content (AvgIpc) is 2.81. The third kappa shape index (κ3) is 5.32. The minimum atomic E-state index is 0.930. The third-order valence-electron chi connectivity index (χ3n) is 5.63. The molecular weight excluding hydrogens is 374 g/mol. The van der Waals surface area contributed by atoms with Gasteiger partial charge < -0.3 is 5.32 Å². The minimum absolute atomic E-state index is 0.930. The number of hydrogen-bond acceptors (Lipinski definition) is 1. The molecule has 0 aliphatic carbocycles. The van der Waals surface area contributed by atoms with Crippen LogP contribution in [0.4, 0.5) is 11.4 Å². The van der Waals surface area contributed by atoms with Crippen LogP contribution in [0.5, 0.6) is 0 Å². The van der Waals surface area contributed by atoms with E-state index in [9.17, 15) is 0 Å². The van der Waals surface area contributed by atoms with Crippen LogP contribution in [0.2, 0.25) is 0 Å². The first kappa shape index (κ1) is 20.7. The molecule has 0 aromatic heterocycles. The van der Waals surface area contributed by atoms with Crippen molar-refractivity contribution < 1.29 is 0 Å². The predicted molar refractivity (Wildman–Crippen MR) is 134 cm³/mol. The molecule has 0 atom stereocenters. The molecule has 0 bridgehead atoms. The number of rotatable bonds is 6. The molecule has 31 heavy (non-hydrogen) atoms. The fraction of sp³-hybridized carbons (Fsp3) is 0.133. The van der Waals surface area contributed by atoms with Crippen LogP contribution >= 0.6 is 0 Å². The molecule has 0 saturated carbocycles. The first-order valence-electron chi connectivity index (χ1n) is 10.9. The number of para-hydroxylation sites is 1. The Labute approximate surface area is 185 Å². The van der Waals surface area contributed by atoms with E-state index in [2.05, 4.69) is 122 Å². The van der Waals surface area contributed by atoms with Crippen molar-refractivity contribution in [3.8, 4) is 0 Å². The van der Waals surface area contributed by atoms with Crippen LogP contribution in [0.3, 0.4) is 0 Å². The molecule has 4 rings (SSSR count). The Bertz CT molecular complexity index is 1240. The molecule has 0 radical (unpaired) electrons. The van der Waals surface area contributed by atoms with Gasteiger partial charge in [0.05, 0.1) is 0 Å². The average molecular weight is 404 g/mol. The van der Waals surface area contributed by atoms with Gasteiger partial charge in [-0.3, -0.25) is 0 Å². The van der Waals surface area contributed by atoms with Crippen LogP contribution in [0.15, 0.2) is 109 Å². The summed E-state index contributed by atoms with van der Waals surface area (Å²) in [6.45, 7) is 4.52. The summed E-state index contributed by atoms with van der Waals surface area (Å²) in [6.07, 6.45) is 1.88. The van der Waals surface area contributed by atoms with Crippen LogP contribution < -0.4 is 15.8 Å². The normalized spacial score (nSPS) is 12.8. The molecule has 0 fully saturated rings. The summed E-state index contributed by atoms with van der Waals surface area (Å²) in [6, 6.07) is 38.5. The molecule has 0 aliphatic rings. The summed E-state index contributed by atoms with van der Waals surface area (Å²) in [7, 11) is 0. The lowest BCUT2D eigenvalue weighted by atomic mass is 9.98. The van der Waals surface area contributed by atoms with E-state index < -0.39 is 0 Å². The molecule has 4 aromatic rings. The van der Waals surface area contributed by atoms with Crippen LogP contribution in [0.25, 0.3) is 11.1 Å². The van der Waals surface area contributed by atoms with Crippen molar-refractivity contribution >= 4 is 22.5 Å². The van der Waals surface area contributed by atoms with E-state index >= 15 is 0 Å². The molecule has 0 aliphatic heterocycles. The largest absolute Gasteiger partial charge is 0.355 e. The first-order chi connectivity index (χ1) is 15.2. The second-order valence-corrected chi connectivity index (χ2v) is 8.10. The highest BCUT2D eigenvalue weighted by molar-refractivity contribution is 5.66. The second-order valence-electron chi connectivity index (χ2n) is 8.10. The maximum atomic E-state index is 3.66. The SMILES string of the molecule is CC(Cc1ccccc1)=c1cccc(Nc2ccccc2)c1=C(C)Cc1ccccc1. The quantitative estimate of drug-likeness (QED) is 0.401. The van der Waals surface area contributed by atoms with Crippen molar-refractivity contribution in [1.29, 1.82) is 0 Å². The van der Waals surface area contributed by atoms with E-state index in [0.717, 1.165) is 24.2 Å². The number of benzene rings is 4. The van der Waals surface area contributed by atoms with Gasteiger partial charge in [0.1, 0.15) is 0 Å². The van der Waals surface area contributed by atoms with Gasteiger partial charge in [-0.05, 0) is 61.2 Å². The zero-order valence-corrected chi connectivity index (χ0v) is 18.3. The number of nitrogens with one attached hydrogen (secondary N) is 1. The van der Waals surface area contributed by atoms with Crippen LogP contribution in [-0.2, 0) is 12.8 Å². The van der Waals surface area contributed by atoms with Crippen molar-refractivity contribution in [1.82, 2.24) is 0 Å². The Kier molecular flexibility index (Phi) is 6.64. The van der Waals surface area contributed by atoms with Gasteiger partial charge in [-0.2, -0.15) is 0 Å². The maximum absolute atomic E-state index is 3.66. The molecule has 1 heteroatoms. The van der Waals surface area contributed by atoms with Gasteiger partial charge in [-0.25, -0.2) is 0 Å². The van der Waals surface area contributed by atoms with Crippen molar-refractivity contribution in [2.24, 2.45) is 0 Å². The van der Waals surface area contributed by atoms with Crippen LogP contribution in [0.1, 0.15) is 25.0 Å². The van der Waals surface area contributed by atoms with E-state index in [0.29, 0.717) is 0 Å². The Hall–Kier alpha value is -3.58. The molecule has 4 aromatic carbocycles. The van der Waals surface area contributed by atoms with Gasteiger partial charge in [-0.1, -0.05) is 102 Å². The smallest absolute Gasteiger partial charge is 0.0463 e. The summed E-state index contributed by atoms with van der Waals surface area (Å²) in [5.74, 6) is 0. The maximum Gasteiger partial charge on any atom is 0.0463 e. The van der Waals surface area contributed by atoms with Gasteiger partial charge in [0, 0.05) is 16.6 Å². The number of anilines is 2. The minimum Gasteiger partial charge on any atom is -0.355 e. The fourth-order valence-electron chi connectivity index (χ4n) is 4.14. The van der Waals surface area contributed by atoms with Gasteiger partial charge in [0.15, 0.2) is 0 Å². The van der Waals surface area contributed by atoms with Crippen molar-refractivity contribution in [2.45, 2.75) is 26.7 Å². The zero-order chi connectivity index (χ0) is 21.5. The Balaban J connectivity index is 1.87. The van der Waals surface area contributed by atoms with Gasteiger partial charge in [0.25, 0.3) is 0 Å². The van der Waals surface area contributed by atoms with E-state index in [1.54, 1.807) is 0 Å². The summed E-state index contributed by atoms with van der Waals surface area (Å²) in [5.41, 5.74) is 7.69.